The van der Waals surface area contributed by atoms with E-state index in [1.165, 1.54) is 11.1 Å². The van der Waals surface area contributed by atoms with Crippen LogP contribution in [-0.4, -0.2) is 0 Å². The normalized spacial score (nSPS) is 15.5. The molecule has 0 spiro atoms. The van der Waals surface area contributed by atoms with E-state index in [2.05, 4.69) is 50.2 Å². The van der Waals surface area contributed by atoms with E-state index in [1.54, 1.807) is 6.07 Å². The largest absolute Gasteiger partial charge is 0.456 e. The van der Waals surface area contributed by atoms with E-state index in [-0.39, 0.29) is 11.5 Å². The Hall–Kier alpha value is -3.59. The van der Waals surface area contributed by atoms with Crippen LogP contribution in [0.3, 0.4) is 0 Å². The zero-order valence-corrected chi connectivity index (χ0v) is 16.3. The maximum absolute atomic E-state index is 12.9. The summed E-state index contributed by atoms with van der Waals surface area (Å²) in [6.07, 6.45) is 2.02. The second-order valence-corrected chi connectivity index (χ2v) is 7.52. The Labute approximate surface area is 168 Å². The van der Waals surface area contributed by atoms with Crippen LogP contribution in [0.4, 0.5) is 0 Å². The van der Waals surface area contributed by atoms with E-state index in [4.69, 9.17) is 9.15 Å². The average Bonchev–Trinajstić information content (AvgIpc) is 2.74. The van der Waals surface area contributed by atoms with Gasteiger partial charge in [0, 0.05) is 11.5 Å². The van der Waals surface area contributed by atoms with E-state index in [0.29, 0.717) is 16.9 Å². The van der Waals surface area contributed by atoms with Crippen molar-refractivity contribution in [2.75, 3.05) is 0 Å². The molecule has 1 aliphatic rings. The molecule has 1 aliphatic heterocycles. The smallest absolute Gasteiger partial charge is 0.344 e. The molecule has 0 bridgehead atoms. The molecule has 4 aromatic rings. The Morgan fingerprint density at radius 3 is 2.17 bits per heavy atom. The fourth-order valence-corrected chi connectivity index (χ4v) is 3.80. The fourth-order valence-electron chi connectivity index (χ4n) is 3.80. The minimum absolute atomic E-state index is 0.239. The summed E-state index contributed by atoms with van der Waals surface area (Å²) in [5.74, 6) is 1.09. The molecule has 142 valence electrons. The summed E-state index contributed by atoms with van der Waals surface area (Å²) < 4.78 is 12.0. The highest BCUT2D eigenvalue weighted by atomic mass is 16.5. The molecule has 29 heavy (non-hydrogen) atoms. The van der Waals surface area contributed by atoms with E-state index in [0.717, 1.165) is 22.3 Å². The Morgan fingerprint density at radius 1 is 0.793 bits per heavy atom. The Kier molecular flexibility index (Phi) is 4.09. The lowest BCUT2D eigenvalue weighted by Crippen LogP contribution is -2.19. The molecule has 1 aromatic heterocycles. The maximum Gasteiger partial charge on any atom is 0.344 e. The van der Waals surface area contributed by atoms with Crippen molar-refractivity contribution in [3.63, 3.8) is 0 Å². The first-order valence-electron chi connectivity index (χ1n) is 9.69. The van der Waals surface area contributed by atoms with Crippen LogP contribution >= 0.6 is 0 Å². The number of rotatable bonds is 2. The van der Waals surface area contributed by atoms with Gasteiger partial charge in [-0.05, 0) is 37.6 Å². The predicted molar refractivity (Wildman–Crippen MR) is 115 cm³/mol. The number of allylic oxidation sites excluding steroid dienone is 1. The first-order chi connectivity index (χ1) is 14.1. The molecule has 0 aliphatic carbocycles. The summed E-state index contributed by atoms with van der Waals surface area (Å²) in [4.78, 5) is 12.9. The average molecular weight is 380 g/mol. The van der Waals surface area contributed by atoms with Crippen molar-refractivity contribution in [1.29, 1.82) is 0 Å². The van der Waals surface area contributed by atoms with Gasteiger partial charge in [-0.3, -0.25) is 0 Å². The van der Waals surface area contributed by atoms with Gasteiger partial charge in [0.2, 0.25) is 0 Å². The third-order valence-electron chi connectivity index (χ3n) is 5.41. The number of fused-ring (bicyclic) bond motifs is 3. The lowest BCUT2D eigenvalue weighted by Gasteiger charge is -2.25. The van der Waals surface area contributed by atoms with Crippen LogP contribution in [0, 0.1) is 13.8 Å². The molecule has 2 heterocycles. The molecule has 0 saturated carbocycles. The van der Waals surface area contributed by atoms with Crippen LogP contribution in [0.25, 0.3) is 16.7 Å². The minimum Gasteiger partial charge on any atom is -0.456 e. The number of hydrogen-bond donors (Lipinski definition) is 0. The highest BCUT2D eigenvalue weighted by molar-refractivity contribution is 5.87. The lowest BCUT2D eigenvalue weighted by molar-refractivity contribution is 0.472. The van der Waals surface area contributed by atoms with Gasteiger partial charge in [0.25, 0.3) is 0 Å². The van der Waals surface area contributed by atoms with E-state index in [9.17, 15) is 4.79 Å². The van der Waals surface area contributed by atoms with Crippen LogP contribution in [-0.2, 0) is 0 Å². The van der Waals surface area contributed by atoms with Crippen molar-refractivity contribution >= 4 is 16.7 Å². The van der Waals surface area contributed by atoms with Crippen LogP contribution in [0.1, 0.15) is 33.7 Å². The highest BCUT2D eigenvalue weighted by Crippen LogP contribution is 2.42. The molecule has 0 saturated heterocycles. The summed E-state index contributed by atoms with van der Waals surface area (Å²) in [6, 6.07) is 24.0. The number of para-hydroxylation sites is 1. The van der Waals surface area contributed by atoms with Gasteiger partial charge in [0.05, 0.1) is 10.9 Å². The molecular weight excluding hydrogens is 360 g/mol. The van der Waals surface area contributed by atoms with Crippen molar-refractivity contribution < 1.29 is 9.15 Å². The topological polar surface area (TPSA) is 39.4 Å². The van der Waals surface area contributed by atoms with E-state index >= 15 is 0 Å². The molecule has 1 atom stereocenters. The SMILES string of the molecule is Cc1ccc(C2=CC(c3ccc(C)cc3)c3c(c4ccccc4oc3=O)O2)cc1. The third-order valence-corrected chi connectivity index (χ3v) is 5.41. The minimum atomic E-state index is -0.358. The van der Waals surface area contributed by atoms with Gasteiger partial charge in [-0.2, -0.15) is 0 Å². The van der Waals surface area contributed by atoms with E-state index in [1.807, 2.05) is 36.4 Å². The second-order valence-electron chi connectivity index (χ2n) is 7.52. The Balaban J connectivity index is 1.77. The summed E-state index contributed by atoms with van der Waals surface area (Å²) in [5.41, 5.74) is 5.10. The molecule has 3 heteroatoms. The molecule has 0 N–H and O–H groups in total. The van der Waals surface area contributed by atoms with Crippen LogP contribution in [0.5, 0.6) is 5.75 Å². The molecule has 1 unspecified atom stereocenters. The molecule has 0 radical (unpaired) electrons. The highest BCUT2D eigenvalue weighted by Gasteiger charge is 2.30. The molecule has 3 aromatic carbocycles. The van der Waals surface area contributed by atoms with Crippen LogP contribution < -0.4 is 10.4 Å². The summed E-state index contributed by atoms with van der Waals surface area (Å²) >= 11 is 0. The number of aryl methyl sites for hydroxylation is 2. The third kappa shape index (κ3) is 3.05. The number of ether oxygens (including phenoxy) is 1. The Bertz CT molecular complexity index is 1290. The quantitative estimate of drug-likeness (QED) is 0.402. The predicted octanol–water partition coefficient (Wildman–Crippen LogP) is 5.98. The van der Waals surface area contributed by atoms with Crippen molar-refractivity contribution in [3.05, 3.63) is 117 Å². The summed E-state index contributed by atoms with van der Waals surface area (Å²) in [6.45, 7) is 4.11. The van der Waals surface area contributed by atoms with Gasteiger partial charge in [-0.25, -0.2) is 4.79 Å². The second kappa shape index (κ2) is 6.78. The molecule has 0 fully saturated rings. The van der Waals surface area contributed by atoms with Gasteiger partial charge in [0.1, 0.15) is 17.1 Å². The molecule has 5 rings (SSSR count). The molecular formula is C26H20O3. The standard InChI is InChI=1S/C26H20O3/c1-16-7-11-18(12-8-16)21-15-23(19-13-9-17(2)10-14-19)28-25-20-5-3-4-6-22(20)29-26(27)24(21)25/h3-15,21H,1-2H3. The van der Waals surface area contributed by atoms with Gasteiger partial charge in [-0.1, -0.05) is 71.8 Å². The first-order valence-corrected chi connectivity index (χ1v) is 9.69. The maximum atomic E-state index is 12.9. The van der Waals surface area contributed by atoms with Crippen LogP contribution in [0.2, 0.25) is 0 Å². The number of hydrogen-bond acceptors (Lipinski definition) is 3. The fraction of sp³-hybridized carbons (Fsp3) is 0.115. The Morgan fingerprint density at radius 2 is 1.45 bits per heavy atom. The molecule has 0 amide bonds. The van der Waals surface area contributed by atoms with Gasteiger partial charge in [0.15, 0.2) is 0 Å². The van der Waals surface area contributed by atoms with E-state index < -0.39 is 0 Å². The van der Waals surface area contributed by atoms with Crippen molar-refractivity contribution in [2.45, 2.75) is 19.8 Å². The first kappa shape index (κ1) is 17.5. The zero-order valence-electron chi connectivity index (χ0n) is 16.3. The van der Waals surface area contributed by atoms with Crippen molar-refractivity contribution in [3.8, 4) is 5.75 Å². The van der Waals surface area contributed by atoms with Crippen molar-refractivity contribution in [2.24, 2.45) is 0 Å². The zero-order chi connectivity index (χ0) is 20.0. The summed E-state index contributed by atoms with van der Waals surface area (Å²) in [7, 11) is 0. The summed E-state index contributed by atoms with van der Waals surface area (Å²) in [5, 5.41) is 0.803. The van der Waals surface area contributed by atoms with Crippen LogP contribution in [0.15, 0.2) is 88.1 Å². The number of benzene rings is 3. The van der Waals surface area contributed by atoms with Gasteiger partial charge < -0.3 is 9.15 Å². The monoisotopic (exact) mass is 380 g/mol. The van der Waals surface area contributed by atoms with Gasteiger partial charge >= 0.3 is 5.63 Å². The lowest BCUT2D eigenvalue weighted by atomic mass is 9.87. The molecule has 3 nitrogen and oxygen atoms in total. The van der Waals surface area contributed by atoms with Gasteiger partial charge in [-0.15, -0.1) is 0 Å². The van der Waals surface area contributed by atoms with Crippen molar-refractivity contribution in [1.82, 2.24) is 0 Å².